The van der Waals surface area contributed by atoms with E-state index < -0.39 is 23.7 Å². The molecule has 1 aliphatic rings. The van der Waals surface area contributed by atoms with Gasteiger partial charge in [0, 0.05) is 5.56 Å². The Morgan fingerprint density at radius 2 is 2.06 bits per heavy atom. The Hall–Kier alpha value is -3.92. The molecule has 1 amide bonds. The molecule has 1 unspecified atom stereocenters. The van der Waals surface area contributed by atoms with Crippen LogP contribution in [0.25, 0.3) is 5.76 Å². The highest BCUT2D eigenvalue weighted by atomic mass is 32.1. The number of anilines is 1. The maximum Gasteiger partial charge on any atom is 0.350 e. The van der Waals surface area contributed by atoms with Crippen molar-refractivity contribution >= 4 is 39.9 Å². The van der Waals surface area contributed by atoms with Crippen molar-refractivity contribution in [1.82, 2.24) is 4.98 Å². The molecule has 0 radical (unpaired) electrons. The molecule has 2 aromatic heterocycles. The van der Waals surface area contributed by atoms with Crippen molar-refractivity contribution in [2.75, 3.05) is 18.6 Å². The van der Waals surface area contributed by atoms with Gasteiger partial charge >= 0.3 is 11.9 Å². The van der Waals surface area contributed by atoms with E-state index in [1.807, 2.05) is 6.92 Å². The molecule has 0 spiro atoms. The van der Waals surface area contributed by atoms with Gasteiger partial charge < -0.3 is 19.0 Å². The molecule has 3 heterocycles. The summed E-state index contributed by atoms with van der Waals surface area (Å²) in [5.41, 5.74) is 0.503. The number of aromatic nitrogens is 1. The standard InChI is InChI=1S/C23H20N2O7S/c1-4-31-14-8-5-7-13(11-14)18(26)16-17(15-9-6-10-32-15)25(21(28)19(16)27)23-24-12(2)20(33-23)22(29)30-3/h5-11,17,26H,4H2,1-3H3/b18-16+. The van der Waals surface area contributed by atoms with Gasteiger partial charge in [0.1, 0.15) is 28.2 Å². The zero-order valence-corrected chi connectivity index (χ0v) is 18.8. The number of ketones is 1. The molecule has 10 heteroatoms. The number of carbonyl (C=O) groups excluding carboxylic acids is 3. The highest BCUT2D eigenvalue weighted by molar-refractivity contribution is 7.17. The Morgan fingerprint density at radius 1 is 1.27 bits per heavy atom. The molecule has 1 aromatic carbocycles. The van der Waals surface area contributed by atoms with Gasteiger partial charge in [-0.2, -0.15) is 0 Å². The van der Waals surface area contributed by atoms with Gasteiger partial charge in [-0.3, -0.25) is 14.5 Å². The van der Waals surface area contributed by atoms with Gasteiger partial charge in [-0.15, -0.1) is 0 Å². The van der Waals surface area contributed by atoms with Gasteiger partial charge in [-0.05, 0) is 38.1 Å². The normalized spacial score (nSPS) is 17.4. The van der Waals surface area contributed by atoms with Crippen molar-refractivity contribution in [2.24, 2.45) is 0 Å². The lowest BCUT2D eigenvalue weighted by Gasteiger charge is -2.20. The number of aryl methyl sites for hydroxylation is 1. The molecule has 3 aromatic rings. The van der Waals surface area contributed by atoms with E-state index in [1.54, 1.807) is 43.3 Å². The highest BCUT2D eigenvalue weighted by Crippen LogP contribution is 2.44. The molecule has 1 fully saturated rings. The molecule has 9 nitrogen and oxygen atoms in total. The van der Waals surface area contributed by atoms with Crippen LogP contribution in [0, 0.1) is 6.92 Å². The number of benzene rings is 1. The van der Waals surface area contributed by atoms with E-state index in [-0.39, 0.29) is 27.1 Å². The average molecular weight is 468 g/mol. The number of Topliss-reactive ketones (excluding diaryl/α,β-unsaturated/α-hetero) is 1. The van der Waals surface area contributed by atoms with Crippen LogP contribution in [0.4, 0.5) is 5.13 Å². The third-order valence-corrected chi connectivity index (χ3v) is 6.17. The van der Waals surface area contributed by atoms with Crippen molar-refractivity contribution in [1.29, 1.82) is 0 Å². The average Bonchev–Trinajstić information content (AvgIpc) is 3.52. The predicted molar refractivity (Wildman–Crippen MR) is 119 cm³/mol. The Morgan fingerprint density at radius 3 is 2.73 bits per heavy atom. The van der Waals surface area contributed by atoms with Gasteiger partial charge in [-0.25, -0.2) is 9.78 Å². The first-order chi connectivity index (χ1) is 15.9. The summed E-state index contributed by atoms with van der Waals surface area (Å²) in [6.07, 6.45) is 1.40. The lowest BCUT2D eigenvalue weighted by molar-refractivity contribution is -0.132. The van der Waals surface area contributed by atoms with Crippen molar-refractivity contribution in [3.8, 4) is 5.75 Å². The molecule has 1 saturated heterocycles. The summed E-state index contributed by atoms with van der Waals surface area (Å²) >= 11 is 0.916. The van der Waals surface area contributed by atoms with Crippen LogP contribution in [0.3, 0.4) is 0 Å². The van der Waals surface area contributed by atoms with E-state index in [9.17, 15) is 19.5 Å². The molecule has 4 rings (SSSR count). The van der Waals surface area contributed by atoms with E-state index in [1.165, 1.54) is 13.4 Å². The monoisotopic (exact) mass is 468 g/mol. The van der Waals surface area contributed by atoms with E-state index in [0.29, 0.717) is 23.6 Å². The molecular formula is C23H20N2O7S. The van der Waals surface area contributed by atoms with Crippen LogP contribution in [-0.4, -0.2) is 41.5 Å². The Labute approximate surface area is 192 Å². The molecule has 1 atom stereocenters. The second-order valence-corrected chi connectivity index (χ2v) is 8.03. The number of hydrogen-bond acceptors (Lipinski definition) is 9. The number of aliphatic hydroxyl groups is 1. The number of carbonyl (C=O) groups is 3. The largest absolute Gasteiger partial charge is 0.507 e. The Bertz CT molecular complexity index is 1260. The first-order valence-corrected chi connectivity index (χ1v) is 10.8. The van der Waals surface area contributed by atoms with Gasteiger partial charge in [-0.1, -0.05) is 23.5 Å². The number of furan rings is 1. The number of nitrogens with zero attached hydrogens (tertiary/aromatic N) is 2. The molecule has 170 valence electrons. The summed E-state index contributed by atoms with van der Waals surface area (Å²) in [6.45, 7) is 3.85. The van der Waals surface area contributed by atoms with Gasteiger partial charge in [0.05, 0.1) is 31.2 Å². The maximum atomic E-state index is 13.1. The molecule has 0 aliphatic carbocycles. The first kappa shape index (κ1) is 22.3. The number of hydrogen-bond donors (Lipinski definition) is 1. The fraction of sp³-hybridized carbons (Fsp3) is 0.217. The number of ether oxygens (including phenoxy) is 2. The Kier molecular flexibility index (Phi) is 6.01. The molecule has 0 saturated carbocycles. The number of thiazole rings is 1. The van der Waals surface area contributed by atoms with Crippen molar-refractivity contribution in [3.05, 3.63) is 70.1 Å². The lowest BCUT2D eigenvalue weighted by atomic mass is 9.99. The molecule has 1 aliphatic heterocycles. The van der Waals surface area contributed by atoms with Crippen LogP contribution in [0.2, 0.25) is 0 Å². The molecule has 0 bridgehead atoms. The van der Waals surface area contributed by atoms with Crippen molar-refractivity contribution < 1.29 is 33.4 Å². The Balaban J connectivity index is 1.88. The van der Waals surface area contributed by atoms with E-state index >= 15 is 0 Å². The fourth-order valence-corrected chi connectivity index (χ4v) is 4.58. The zero-order valence-electron chi connectivity index (χ0n) is 18.0. The van der Waals surface area contributed by atoms with E-state index in [2.05, 4.69) is 4.98 Å². The van der Waals surface area contributed by atoms with Crippen LogP contribution in [0.1, 0.15) is 39.7 Å². The smallest absolute Gasteiger partial charge is 0.350 e. The van der Waals surface area contributed by atoms with Crippen LogP contribution in [0.5, 0.6) is 5.75 Å². The molecule has 33 heavy (non-hydrogen) atoms. The van der Waals surface area contributed by atoms with E-state index in [4.69, 9.17) is 13.9 Å². The summed E-state index contributed by atoms with van der Waals surface area (Å²) < 4.78 is 15.8. The summed E-state index contributed by atoms with van der Waals surface area (Å²) in [4.78, 5) is 43.9. The summed E-state index contributed by atoms with van der Waals surface area (Å²) in [5, 5.41) is 11.2. The zero-order chi connectivity index (χ0) is 23.7. The third kappa shape index (κ3) is 3.89. The second-order valence-electron chi connectivity index (χ2n) is 7.05. The van der Waals surface area contributed by atoms with Gasteiger partial charge in [0.2, 0.25) is 0 Å². The van der Waals surface area contributed by atoms with Gasteiger partial charge in [0.25, 0.3) is 5.78 Å². The molecule has 1 N–H and O–H groups in total. The number of amides is 1. The van der Waals surface area contributed by atoms with Crippen molar-refractivity contribution in [3.63, 3.8) is 0 Å². The third-order valence-electron chi connectivity index (χ3n) is 5.04. The number of methoxy groups -OCH3 is 1. The van der Waals surface area contributed by atoms with Crippen molar-refractivity contribution in [2.45, 2.75) is 19.9 Å². The summed E-state index contributed by atoms with van der Waals surface area (Å²) in [7, 11) is 1.24. The topological polar surface area (TPSA) is 119 Å². The van der Waals surface area contributed by atoms with Crippen LogP contribution < -0.4 is 9.64 Å². The predicted octanol–water partition coefficient (Wildman–Crippen LogP) is 3.86. The molecular weight excluding hydrogens is 448 g/mol. The summed E-state index contributed by atoms with van der Waals surface area (Å²) in [6, 6.07) is 8.70. The second kappa shape index (κ2) is 8.91. The minimum Gasteiger partial charge on any atom is -0.507 e. The minimum atomic E-state index is -1.08. The summed E-state index contributed by atoms with van der Waals surface area (Å²) in [5.74, 6) is -2.02. The number of aliphatic hydroxyl groups excluding tert-OH is 1. The fourth-order valence-electron chi connectivity index (χ4n) is 3.57. The number of rotatable bonds is 6. The first-order valence-electron chi connectivity index (χ1n) is 10.0. The van der Waals surface area contributed by atoms with Crippen LogP contribution in [-0.2, 0) is 14.3 Å². The minimum absolute atomic E-state index is 0.110. The number of esters is 1. The van der Waals surface area contributed by atoms with Gasteiger partial charge in [0.15, 0.2) is 5.13 Å². The van der Waals surface area contributed by atoms with Crippen LogP contribution >= 0.6 is 11.3 Å². The SMILES string of the molecule is CCOc1cccc(/C(O)=C2\C(=O)C(=O)N(c3nc(C)c(C(=O)OC)s3)C2c2ccco2)c1. The van der Waals surface area contributed by atoms with Crippen LogP contribution in [0.15, 0.2) is 52.7 Å². The highest BCUT2D eigenvalue weighted by Gasteiger charge is 2.49. The van der Waals surface area contributed by atoms with E-state index in [0.717, 1.165) is 16.2 Å². The quantitative estimate of drug-likeness (QED) is 0.251. The maximum absolute atomic E-state index is 13.1. The lowest BCUT2D eigenvalue weighted by Crippen LogP contribution is -2.29.